The third-order valence-corrected chi connectivity index (χ3v) is 4.91. The normalized spacial score (nSPS) is 19.8. The van der Waals surface area contributed by atoms with Crippen LogP contribution in [0.5, 0.6) is 0 Å². The van der Waals surface area contributed by atoms with E-state index in [-0.39, 0.29) is 0 Å². The van der Waals surface area contributed by atoms with E-state index in [1.54, 1.807) is 11.3 Å². The van der Waals surface area contributed by atoms with Gasteiger partial charge in [-0.3, -0.25) is 0 Å². The Balaban J connectivity index is 1.78. The minimum absolute atomic E-state index is 0.371. The second kappa shape index (κ2) is 6.04. The summed E-state index contributed by atoms with van der Waals surface area (Å²) in [5.74, 6) is 0.809. The van der Waals surface area contributed by atoms with Gasteiger partial charge in [0.05, 0.1) is 0 Å². The van der Waals surface area contributed by atoms with Gasteiger partial charge in [-0.1, -0.05) is 19.3 Å². The van der Waals surface area contributed by atoms with Crippen molar-refractivity contribution in [3.63, 3.8) is 0 Å². The van der Waals surface area contributed by atoms with E-state index >= 15 is 0 Å². The van der Waals surface area contributed by atoms with Crippen molar-refractivity contribution in [3.8, 4) is 0 Å². The predicted octanol–water partition coefficient (Wildman–Crippen LogP) is 4.03. The van der Waals surface area contributed by atoms with Gasteiger partial charge in [-0.25, -0.2) is 0 Å². The highest BCUT2D eigenvalue weighted by molar-refractivity contribution is 7.07. The highest BCUT2D eigenvalue weighted by atomic mass is 35.5. The molecule has 90 valence electrons. The molecule has 1 N–H and O–H groups in total. The van der Waals surface area contributed by atoms with Crippen molar-refractivity contribution in [2.24, 2.45) is 5.41 Å². The molecule has 1 aromatic heterocycles. The number of hydrogen-bond donors (Lipinski definition) is 1. The molecule has 1 fully saturated rings. The molecule has 0 amide bonds. The van der Waals surface area contributed by atoms with Crippen molar-refractivity contribution < 1.29 is 0 Å². The summed E-state index contributed by atoms with van der Waals surface area (Å²) in [7, 11) is 0. The average Bonchev–Trinajstić information content (AvgIpc) is 2.83. The molecule has 2 rings (SSSR count). The maximum Gasteiger partial charge on any atom is 0.0292 e. The lowest BCUT2D eigenvalue weighted by atomic mass is 9.75. The molecule has 1 aliphatic rings. The van der Waals surface area contributed by atoms with Crippen molar-refractivity contribution in [1.29, 1.82) is 0 Å². The topological polar surface area (TPSA) is 12.0 Å². The Morgan fingerprint density at radius 2 is 2.12 bits per heavy atom. The van der Waals surface area contributed by atoms with Gasteiger partial charge < -0.3 is 5.32 Å². The van der Waals surface area contributed by atoms with E-state index < -0.39 is 0 Å². The van der Waals surface area contributed by atoms with Gasteiger partial charge in [-0.15, -0.1) is 11.6 Å². The van der Waals surface area contributed by atoms with Crippen LogP contribution in [0.3, 0.4) is 0 Å². The van der Waals surface area contributed by atoms with Crippen molar-refractivity contribution in [2.45, 2.75) is 38.6 Å². The first kappa shape index (κ1) is 12.4. The molecular weight excluding hydrogens is 238 g/mol. The van der Waals surface area contributed by atoms with Crippen LogP contribution in [0, 0.1) is 5.41 Å². The van der Waals surface area contributed by atoms with Gasteiger partial charge in [0.2, 0.25) is 0 Å². The monoisotopic (exact) mass is 257 g/mol. The number of nitrogens with one attached hydrogen (secondary N) is 1. The summed E-state index contributed by atoms with van der Waals surface area (Å²) in [6.07, 6.45) is 6.70. The number of alkyl halides is 1. The Morgan fingerprint density at radius 3 is 2.75 bits per heavy atom. The van der Waals surface area contributed by atoms with Crippen LogP contribution in [0.25, 0.3) is 0 Å². The van der Waals surface area contributed by atoms with Gasteiger partial charge >= 0.3 is 0 Å². The summed E-state index contributed by atoms with van der Waals surface area (Å²) in [5, 5.41) is 7.91. The van der Waals surface area contributed by atoms with Crippen molar-refractivity contribution in [3.05, 3.63) is 22.4 Å². The van der Waals surface area contributed by atoms with Crippen LogP contribution in [0.4, 0.5) is 0 Å². The first-order valence-electron chi connectivity index (χ1n) is 6.12. The number of thiophene rings is 1. The molecule has 1 aromatic rings. The summed E-state index contributed by atoms with van der Waals surface area (Å²) in [4.78, 5) is 0. The highest BCUT2D eigenvalue weighted by Crippen LogP contribution is 2.36. The molecular formula is C13H20ClNS. The van der Waals surface area contributed by atoms with Gasteiger partial charge in [0, 0.05) is 19.0 Å². The maximum atomic E-state index is 6.16. The zero-order chi connectivity index (χ0) is 11.3. The van der Waals surface area contributed by atoms with E-state index in [0.717, 1.165) is 19.0 Å². The molecule has 1 saturated carbocycles. The molecule has 0 spiro atoms. The van der Waals surface area contributed by atoms with E-state index in [1.807, 2.05) is 0 Å². The molecule has 0 atom stereocenters. The summed E-state index contributed by atoms with van der Waals surface area (Å²) < 4.78 is 0. The lowest BCUT2D eigenvalue weighted by Crippen LogP contribution is -2.37. The van der Waals surface area contributed by atoms with Gasteiger partial charge in [0.25, 0.3) is 0 Å². The number of hydrogen-bond acceptors (Lipinski definition) is 2. The van der Waals surface area contributed by atoms with E-state index in [4.69, 9.17) is 11.6 Å². The fourth-order valence-electron chi connectivity index (χ4n) is 2.52. The lowest BCUT2D eigenvalue weighted by Gasteiger charge is -2.35. The molecule has 0 bridgehead atoms. The summed E-state index contributed by atoms with van der Waals surface area (Å²) in [6.45, 7) is 2.06. The minimum Gasteiger partial charge on any atom is -0.312 e. The second-order valence-electron chi connectivity index (χ2n) is 4.93. The van der Waals surface area contributed by atoms with Crippen molar-refractivity contribution in [2.75, 3.05) is 12.4 Å². The Hall–Kier alpha value is -0.0500. The largest absolute Gasteiger partial charge is 0.312 e. The molecule has 1 nitrogen and oxygen atoms in total. The molecule has 16 heavy (non-hydrogen) atoms. The molecule has 0 saturated heterocycles. The van der Waals surface area contributed by atoms with E-state index in [2.05, 4.69) is 22.1 Å². The predicted molar refractivity (Wildman–Crippen MR) is 72.3 cm³/mol. The van der Waals surface area contributed by atoms with E-state index in [0.29, 0.717) is 5.41 Å². The maximum absolute atomic E-state index is 6.16. The fourth-order valence-corrected chi connectivity index (χ4v) is 3.56. The summed E-state index contributed by atoms with van der Waals surface area (Å²) >= 11 is 7.92. The van der Waals surface area contributed by atoms with Gasteiger partial charge in [-0.05, 0) is 40.6 Å². The van der Waals surface area contributed by atoms with E-state index in [1.165, 1.54) is 37.7 Å². The quantitative estimate of drug-likeness (QED) is 0.786. The van der Waals surface area contributed by atoms with Crippen LogP contribution < -0.4 is 5.32 Å². The Labute approximate surface area is 107 Å². The SMILES string of the molecule is ClCC1(CNCc2ccsc2)CCCCC1. The van der Waals surface area contributed by atoms with Crippen LogP contribution in [-0.2, 0) is 6.54 Å². The molecule has 0 aliphatic heterocycles. The van der Waals surface area contributed by atoms with Crippen LogP contribution >= 0.6 is 22.9 Å². The summed E-state index contributed by atoms with van der Waals surface area (Å²) in [5.41, 5.74) is 1.76. The second-order valence-corrected chi connectivity index (χ2v) is 5.98. The first-order valence-corrected chi connectivity index (χ1v) is 7.60. The highest BCUT2D eigenvalue weighted by Gasteiger charge is 2.30. The standard InChI is InChI=1S/C13H20ClNS/c14-10-13(5-2-1-3-6-13)11-15-8-12-4-7-16-9-12/h4,7,9,15H,1-3,5-6,8,10-11H2. The van der Waals surface area contributed by atoms with Crippen LogP contribution in [0.15, 0.2) is 16.8 Å². The van der Waals surface area contributed by atoms with Crippen LogP contribution in [0.1, 0.15) is 37.7 Å². The third kappa shape index (κ3) is 3.22. The van der Waals surface area contributed by atoms with Crippen LogP contribution in [-0.4, -0.2) is 12.4 Å². The molecule has 1 heterocycles. The Bertz CT molecular complexity index is 291. The van der Waals surface area contributed by atoms with Crippen molar-refractivity contribution in [1.82, 2.24) is 5.32 Å². The lowest BCUT2D eigenvalue weighted by molar-refractivity contribution is 0.212. The zero-order valence-electron chi connectivity index (χ0n) is 9.68. The number of halogens is 1. The average molecular weight is 258 g/mol. The minimum atomic E-state index is 0.371. The molecule has 0 unspecified atom stereocenters. The van der Waals surface area contributed by atoms with Crippen LogP contribution in [0.2, 0.25) is 0 Å². The first-order chi connectivity index (χ1) is 7.85. The zero-order valence-corrected chi connectivity index (χ0v) is 11.2. The summed E-state index contributed by atoms with van der Waals surface area (Å²) in [6, 6.07) is 2.19. The van der Waals surface area contributed by atoms with E-state index in [9.17, 15) is 0 Å². The third-order valence-electron chi connectivity index (χ3n) is 3.61. The van der Waals surface area contributed by atoms with Gasteiger partial charge in [0.15, 0.2) is 0 Å². The molecule has 1 aliphatic carbocycles. The number of rotatable bonds is 5. The smallest absolute Gasteiger partial charge is 0.0292 e. The van der Waals surface area contributed by atoms with Crippen molar-refractivity contribution >= 4 is 22.9 Å². The van der Waals surface area contributed by atoms with Gasteiger partial charge in [-0.2, -0.15) is 11.3 Å². The molecule has 0 aromatic carbocycles. The Morgan fingerprint density at radius 1 is 1.31 bits per heavy atom. The fraction of sp³-hybridized carbons (Fsp3) is 0.692. The molecule has 3 heteroatoms. The molecule has 0 radical (unpaired) electrons. The Kier molecular flexibility index (Phi) is 4.68. The van der Waals surface area contributed by atoms with Gasteiger partial charge in [0.1, 0.15) is 0 Å².